The highest BCUT2D eigenvalue weighted by atomic mass is 16.5. The van der Waals surface area contributed by atoms with Crippen molar-refractivity contribution in [1.29, 1.82) is 5.26 Å². The van der Waals surface area contributed by atoms with Gasteiger partial charge in [-0.15, -0.1) is 0 Å². The summed E-state index contributed by atoms with van der Waals surface area (Å²) < 4.78 is 11.3. The quantitative estimate of drug-likeness (QED) is 0.835. The van der Waals surface area contributed by atoms with Crippen molar-refractivity contribution < 1.29 is 9.47 Å². The molecular weight excluding hydrogens is 250 g/mol. The Balaban J connectivity index is 2.29. The minimum absolute atomic E-state index is 0.0986. The summed E-state index contributed by atoms with van der Waals surface area (Å²) in [6.07, 6.45) is 2.52. The van der Waals surface area contributed by atoms with Crippen LogP contribution in [0.4, 0.5) is 0 Å². The van der Waals surface area contributed by atoms with Gasteiger partial charge in [0.05, 0.1) is 18.8 Å². The van der Waals surface area contributed by atoms with Crippen LogP contribution >= 0.6 is 0 Å². The zero-order chi connectivity index (χ0) is 14.6. The Morgan fingerprint density at radius 1 is 1.45 bits per heavy atom. The van der Waals surface area contributed by atoms with Crippen molar-refractivity contribution in [2.75, 3.05) is 13.7 Å². The lowest BCUT2D eigenvalue weighted by Gasteiger charge is -2.39. The molecule has 1 heterocycles. The lowest BCUT2D eigenvalue weighted by molar-refractivity contribution is -0.0766. The molecule has 108 valence electrons. The first-order valence-corrected chi connectivity index (χ1v) is 7.21. The van der Waals surface area contributed by atoms with Crippen LogP contribution in [0, 0.1) is 17.2 Å². The van der Waals surface area contributed by atoms with Gasteiger partial charge in [-0.25, -0.2) is 0 Å². The van der Waals surface area contributed by atoms with Gasteiger partial charge in [0.25, 0.3) is 0 Å². The molecule has 2 unspecified atom stereocenters. The standard InChI is InChI=1S/C17H23NO2/c1-17(2)12-13(9-11-20-17)14(8-10-18)15-6-4-5-7-16(15)19-3/h4-7,13-14H,8-9,11-12H2,1-3H3. The molecule has 0 N–H and O–H groups in total. The first-order valence-electron chi connectivity index (χ1n) is 7.21. The van der Waals surface area contributed by atoms with Crippen LogP contribution in [0.25, 0.3) is 0 Å². The van der Waals surface area contributed by atoms with E-state index in [1.807, 2.05) is 18.2 Å². The van der Waals surface area contributed by atoms with Crippen LogP contribution in [0.2, 0.25) is 0 Å². The summed E-state index contributed by atoms with van der Waals surface area (Å²) in [5, 5.41) is 9.20. The molecule has 0 spiro atoms. The van der Waals surface area contributed by atoms with Gasteiger partial charge in [0.2, 0.25) is 0 Å². The van der Waals surface area contributed by atoms with E-state index in [4.69, 9.17) is 9.47 Å². The molecule has 0 bridgehead atoms. The third-order valence-corrected chi connectivity index (χ3v) is 4.15. The Morgan fingerprint density at radius 2 is 2.20 bits per heavy atom. The number of benzene rings is 1. The van der Waals surface area contributed by atoms with E-state index in [1.54, 1.807) is 7.11 Å². The average Bonchev–Trinajstić information content (AvgIpc) is 2.43. The first kappa shape index (κ1) is 14.9. The SMILES string of the molecule is COc1ccccc1C(CC#N)C1CCOC(C)(C)C1. The molecule has 0 aliphatic carbocycles. The van der Waals surface area contributed by atoms with Crippen molar-refractivity contribution in [2.45, 2.75) is 44.6 Å². The van der Waals surface area contributed by atoms with E-state index in [0.29, 0.717) is 12.3 Å². The van der Waals surface area contributed by atoms with E-state index < -0.39 is 0 Å². The monoisotopic (exact) mass is 273 g/mol. The van der Waals surface area contributed by atoms with Crippen LogP contribution in [0.1, 0.15) is 44.6 Å². The smallest absolute Gasteiger partial charge is 0.122 e. The topological polar surface area (TPSA) is 42.2 Å². The second kappa shape index (κ2) is 6.28. The molecule has 3 nitrogen and oxygen atoms in total. The number of ether oxygens (including phenoxy) is 2. The summed E-state index contributed by atoms with van der Waals surface area (Å²) >= 11 is 0. The van der Waals surface area contributed by atoms with E-state index in [2.05, 4.69) is 26.0 Å². The van der Waals surface area contributed by atoms with Crippen LogP contribution in [0.5, 0.6) is 5.75 Å². The molecule has 1 aliphatic rings. The number of para-hydroxylation sites is 1. The largest absolute Gasteiger partial charge is 0.496 e. The van der Waals surface area contributed by atoms with E-state index in [1.165, 1.54) is 0 Å². The van der Waals surface area contributed by atoms with Gasteiger partial charge in [0, 0.05) is 18.9 Å². The second-order valence-electron chi connectivity index (χ2n) is 6.07. The van der Waals surface area contributed by atoms with Gasteiger partial charge in [-0.3, -0.25) is 0 Å². The average molecular weight is 273 g/mol. The maximum atomic E-state index is 9.20. The fourth-order valence-corrected chi connectivity index (χ4v) is 3.22. The molecule has 1 aliphatic heterocycles. The Hall–Kier alpha value is -1.53. The molecule has 2 atom stereocenters. The van der Waals surface area contributed by atoms with Crippen molar-refractivity contribution in [3.63, 3.8) is 0 Å². The van der Waals surface area contributed by atoms with Gasteiger partial charge in [0.15, 0.2) is 0 Å². The Morgan fingerprint density at radius 3 is 2.85 bits per heavy atom. The lowest BCUT2D eigenvalue weighted by Crippen LogP contribution is -2.36. The fraction of sp³-hybridized carbons (Fsp3) is 0.588. The summed E-state index contributed by atoms with van der Waals surface area (Å²) in [7, 11) is 1.69. The maximum absolute atomic E-state index is 9.20. The summed E-state index contributed by atoms with van der Waals surface area (Å²) in [5.41, 5.74) is 1.05. The van der Waals surface area contributed by atoms with E-state index >= 15 is 0 Å². The van der Waals surface area contributed by atoms with Crippen molar-refractivity contribution in [3.8, 4) is 11.8 Å². The van der Waals surface area contributed by atoms with Gasteiger partial charge >= 0.3 is 0 Å². The number of nitrogens with zero attached hydrogens (tertiary/aromatic N) is 1. The predicted molar refractivity (Wildman–Crippen MR) is 78.7 cm³/mol. The molecule has 1 fully saturated rings. The minimum Gasteiger partial charge on any atom is -0.496 e. The third kappa shape index (κ3) is 3.32. The molecule has 0 amide bonds. The summed E-state index contributed by atoms with van der Waals surface area (Å²) in [4.78, 5) is 0. The third-order valence-electron chi connectivity index (χ3n) is 4.15. The molecule has 0 aromatic heterocycles. The number of methoxy groups -OCH3 is 1. The molecule has 20 heavy (non-hydrogen) atoms. The Labute approximate surface area is 121 Å². The second-order valence-corrected chi connectivity index (χ2v) is 6.07. The molecule has 0 radical (unpaired) electrons. The molecule has 3 heteroatoms. The molecule has 2 rings (SSSR count). The highest BCUT2D eigenvalue weighted by Crippen LogP contribution is 2.42. The van der Waals surface area contributed by atoms with Crippen LogP contribution in [0.3, 0.4) is 0 Å². The van der Waals surface area contributed by atoms with Gasteiger partial charge in [-0.1, -0.05) is 18.2 Å². The normalized spacial score (nSPS) is 22.8. The number of rotatable bonds is 4. The van der Waals surface area contributed by atoms with Crippen molar-refractivity contribution in [3.05, 3.63) is 29.8 Å². The molecular formula is C17H23NO2. The molecule has 0 saturated carbocycles. The Bertz CT molecular complexity index is 490. The zero-order valence-corrected chi connectivity index (χ0v) is 12.6. The fourth-order valence-electron chi connectivity index (χ4n) is 3.22. The van der Waals surface area contributed by atoms with Gasteiger partial charge in [-0.2, -0.15) is 5.26 Å². The minimum atomic E-state index is -0.0986. The van der Waals surface area contributed by atoms with Crippen LogP contribution in [-0.4, -0.2) is 19.3 Å². The van der Waals surface area contributed by atoms with Crippen LogP contribution < -0.4 is 4.74 Å². The van der Waals surface area contributed by atoms with Gasteiger partial charge < -0.3 is 9.47 Å². The molecule has 1 aromatic rings. The zero-order valence-electron chi connectivity index (χ0n) is 12.6. The Kier molecular flexibility index (Phi) is 4.67. The van der Waals surface area contributed by atoms with E-state index in [9.17, 15) is 5.26 Å². The first-order chi connectivity index (χ1) is 9.57. The van der Waals surface area contributed by atoms with Crippen LogP contribution in [-0.2, 0) is 4.74 Å². The summed E-state index contributed by atoms with van der Waals surface area (Å²) in [6, 6.07) is 10.4. The lowest BCUT2D eigenvalue weighted by atomic mass is 9.75. The van der Waals surface area contributed by atoms with Gasteiger partial charge in [-0.05, 0) is 44.2 Å². The number of hydrogen-bond donors (Lipinski definition) is 0. The van der Waals surface area contributed by atoms with Crippen molar-refractivity contribution >= 4 is 0 Å². The van der Waals surface area contributed by atoms with Crippen molar-refractivity contribution in [1.82, 2.24) is 0 Å². The highest BCUT2D eigenvalue weighted by Gasteiger charge is 2.35. The predicted octanol–water partition coefficient (Wildman–Crippen LogP) is 3.90. The number of nitriles is 1. The van der Waals surface area contributed by atoms with Gasteiger partial charge in [0.1, 0.15) is 5.75 Å². The van der Waals surface area contributed by atoms with E-state index in [-0.39, 0.29) is 11.5 Å². The molecule has 1 saturated heterocycles. The summed E-state index contributed by atoms with van der Waals surface area (Å²) in [5.74, 6) is 1.58. The van der Waals surface area contributed by atoms with E-state index in [0.717, 1.165) is 30.8 Å². The highest BCUT2D eigenvalue weighted by molar-refractivity contribution is 5.37. The van der Waals surface area contributed by atoms with Crippen molar-refractivity contribution in [2.24, 2.45) is 5.92 Å². The number of hydrogen-bond acceptors (Lipinski definition) is 3. The summed E-state index contributed by atoms with van der Waals surface area (Å²) in [6.45, 7) is 5.03. The van der Waals surface area contributed by atoms with Crippen LogP contribution in [0.15, 0.2) is 24.3 Å². The molecule has 1 aromatic carbocycles. The maximum Gasteiger partial charge on any atom is 0.122 e.